The third-order valence-corrected chi connectivity index (χ3v) is 9.36. The van der Waals surface area contributed by atoms with Crippen LogP contribution in [0.5, 0.6) is 0 Å². The SMILES string of the molecule is C=C1CCC(N2C(=O)c3cccc(NCCOCCOCCN(CCc4c[nH]c5ccccc45)Cc4ccc(/C=C/C(=O)NO)cc4)c3C2=O)C(=O)N1. The summed E-state index contributed by atoms with van der Waals surface area (Å²) in [5.74, 6) is -1.93. The van der Waals surface area contributed by atoms with Crippen molar-refractivity contribution in [3.8, 4) is 0 Å². The Kier molecular flexibility index (Phi) is 12.4. The van der Waals surface area contributed by atoms with E-state index in [2.05, 4.69) is 45.4 Å². The lowest BCUT2D eigenvalue weighted by atomic mass is 10.0. The Hall–Kier alpha value is -5.60. The van der Waals surface area contributed by atoms with Gasteiger partial charge in [-0.3, -0.25) is 34.2 Å². The number of para-hydroxylation sites is 1. The molecule has 13 heteroatoms. The zero-order valence-electron chi connectivity index (χ0n) is 29.4. The first kappa shape index (κ1) is 37.2. The van der Waals surface area contributed by atoms with Crippen LogP contribution in [0.4, 0.5) is 5.69 Å². The number of carbonyl (C=O) groups is 4. The van der Waals surface area contributed by atoms with Crippen LogP contribution >= 0.6 is 0 Å². The third-order valence-electron chi connectivity index (χ3n) is 9.36. The predicted octanol–water partition coefficient (Wildman–Crippen LogP) is 4.26. The van der Waals surface area contributed by atoms with Crippen molar-refractivity contribution in [2.45, 2.75) is 31.8 Å². The van der Waals surface area contributed by atoms with Crippen LogP contribution in [0.1, 0.15) is 50.2 Å². The quantitative estimate of drug-likeness (QED) is 0.0332. The molecule has 1 unspecified atom stereocenters. The Labute approximate surface area is 307 Å². The summed E-state index contributed by atoms with van der Waals surface area (Å²) in [7, 11) is 0. The molecule has 0 bridgehead atoms. The number of rotatable bonds is 18. The van der Waals surface area contributed by atoms with E-state index in [9.17, 15) is 19.2 Å². The zero-order valence-corrected chi connectivity index (χ0v) is 29.4. The maximum atomic E-state index is 13.3. The van der Waals surface area contributed by atoms with Crippen LogP contribution < -0.4 is 16.1 Å². The predicted molar refractivity (Wildman–Crippen MR) is 200 cm³/mol. The third kappa shape index (κ3) is 9.26. The average Bonchev–Trinajstić information content (AvgIpc) is 3.70. The molecule has 1 saturated heterocycles. The highest BCUT2D eigenvalue weighted by Gasteiger charge is 2.45. The van der Waals surface area contributed by atoms with Gasteiger partial charge in [0.1, 0.15) is 6.04 Å². The first-order valence-electron chi connectivity index (χ1n) is 17.7. The summed E-state index contributed by atoms with van der Waals surface area (Å²) < 4.78 is 11.7. The number of hydrogen-bond acceptors (Lipinski definition) is 9. The molecule has 0 aliphatic carbocycles. The number of ether oxygens (including phenoxy) is 2. The number of imide groups is 1. The molecule has 2 aliphatic rings. The molecule has 5 N–H and O–H groups in total. The minimum absolute atomic E-state index is 0.271. The fourth-order valence-corrected chi connectivity index (χ4v) is 6.60. The lowest BCUT2D eigenvalue weighted by Crippen LogP contribution is -2.51. The normalized spacial score (nSPS) is 15.8. The monoisotopic (exact) mass is 720 g/mol. The second-order valence-corrected chi connectivity index (χ2v) is 12.9. The summed E-state index contributed by atoms with van der Waals surface area (Å²) in [4.78, 5) is 57.1. The van der Waals surface area contributed by atoms with Crippen molar-refractivity contribution in [2.24, 2.45) is 0 Å². The summed E-state index contributed by atoms with van der Waals surface area (Å²) in [5.41, 5.74) is 7.59. The average molecular weight is 721 g/mol. The van der Waals surface area contributed by atoms with E-state index in [4.69, 9.17) is 14.7 Å². The molecule has 0 radical (unpaired) electrons. The van der Waals surface area contributed by atoms with Gasteiger partial charge in [0, 0.05) is 60.7 Å². The van der Waals surface area contributed by atoms with Crippen LogP contribution in [0.25, 0.3) is 17.0 Å². The van der Waals surface area contributed by atoms with Crippen molar-refractivity contribution in [1.82, 2.24) is 25.6 Å². The van der Waals surface area contributed by atoms with E-state index in [1.54, 1.807) is 29.8 Å². The standard InChI is InChI=1S/C40H44N6O7/c1-27-9-15-35(38(48)43-27)46-39(49)32-6-4-8-34(37(32)40(46)50)41-18-21-52-23-24-53-22-20-45(19-17-30-25-42-33-7-3-2-5-31(30)33)26-29-12-10-28(11-13-29)14-16-36(47)44-51/h2-8,10-14,16,25,35,41-42,51H,1,9,15,17-24,26H2,(H,43,48)(H,44,47)/b16-14+. The number of amides is 4. The molecule has 4 amide bonds. The highest BCUT2D eigenvalue weighted by Crippen LogP contribution is 2.32. The number of allylic oxidation sites excluding steroid dienone is 1. The Morgan fingerprint density at radius 3 is 2.55 bits per heavy atom. The first-order valence-corrected chi connectivity index (χ1v) is 17.7. The molecule has 0 spiro atoms. The van der Waals surface area contributed by atoms with Gasteiger partial charge in [-0.25, -0.2) is 5.48 Å². The van der Waals surface area contributed by atoms with Gasteiger partial charge >= 0.3 is 0 Å². The summed E-state index contributed by atoms with van der Waals surface area (Å²) in [6, 6.07) is 20.4. The lowest BCUT2D eigenvalue weighted by molar-refractivity contribution is -0.125. The van der Waals surface area contributed by atoms with E-state index < -0.39 is 29.7 Å². The van der Waals surface area contributed by atoms with Crippen molar-refractivity contribution in [3.63, 3.8) is 0 Å². The maximum absolute atomic E-state index is 13.3. The van der Waals surface area contributed by atoms with Crippen LogP contribution in [0.2, 0.25) is 0 Å². The first-order chi connectivity index (χ1) is 25.8. The second kappa shape index (κ2) is 17.8. The van der Waals surface area contributed by atoms with Gasteiger partial charge < -0.3 is 25.1 Å². The molecule has 4 aromatic rings. The Bertz CT molecular complexity index is 1990. The van der Waals surface area contributed by atoms with Crippen LogP contribution in [0, 0.1) is 0 Å². The van der Waals surface area contributed by atoms with Crippen LogP contribution in [0.3, 0.4) is 0 Å². The van der Waals surface area contributed by atoms with Gasteiger partial charge in [0.05, 0.1) is 37.6 Å². The van der Waals surface area contributed by atoms with Crippen LogP contribution in [-0.4, -0.2) is 95.7 Å². The smallest absolute Gasteiger partial charge is 0.267 e. The summed E-state index contributed by atoms with van der Waals surface area (Å²) in [6.07, 6.45) is 6.70. The number of H-pyrrole nitrogens is 1. The number of nitrogens with one attached hydrogen (secondary N) is 4. The molecule has 1 fully saturated rings. The molecule has 53 heavy (non-hydrogen) atoms. The number of anilines is 1. The number of hydroxylamine groups is 1. The molecule has 276 valence electrons. The highest BCUT2D eigenvalue weighted by atomic mass is 16.5. The van der Waals surface area contributed by atoms with E-state index in [0.29, 0.717) is 70.3 Å². The van der Waals surface area contributed by atoms with Crippen molar-refractivity contribution in [1.29, 1.82) is 0 Å². The number of nitrogens with zero attached hydrogens (tertiary/aromatic N) is 2. The fourth-order valence-electron chi connectivity index (χ4n) is 6.60. The Morgan fingerprint density at radius 1 is 0.962 bits per heavy atom. The molecule has 0 saturated carbocycles. The minimum Gasteiger partial charge on any atom is -0.382 e. The summed E-state index contributed by atoms with van der Waals surface area (Å²) in [5, 5.41) is 15.8. The molecule has 1 aromatic heterocycles. The van der Waals surface area contributed by atoms with Crippen LogP contribution in [0.15, 0.2) is 91.3 Å². The molecule has 3 heterocycles. The van der Waals surface area contributed by atoms with E-state index in [-0.39, 0.29) is 11.1 Å². The summed E-state index contributed by atoms with van der Waals surface area (Å²) in [6.45, 7) is 8.11. The largest absolute Gasteiger partial charge is 0.382 e. The molecular formula is C40H44N6O7. The van der Waals surface area contributed by atoms with Crippen LogP contribution in [-0.2, 0) is 32.0 Å². The van der Waals surface area contributed by atoms with Gasteiger partial charge in [-0.05, 0) is 60.2 Å². The van der Waals surface area contributed by atoms with E-state index in [0.717, 1.165) is 34.5 Å². The Balaban J connectivity index is 0.948. The van der Waals surface area contributed by atoms with Crippen molar-refractivity contribution in [3.05, 3.63) is 119 Å². The van der Waals surface area contributed by atoms with Crippen molar-refractivity contribution >= 4 is 46.3 Å². The van der Waals surface area contributed by atoms with Gasteiger partial charge in [-0.15, -0.1) is 0 Å². The van der Waals surface area contributed by atoms with Crippen molar-refractivity contribution in [2.75, 3.05) is 51.4 Å². The molecule has 13 nitrogen and oxygen atoms in total. The number of piperidine rings is 1. The number of aromatic amines is 1. The van der Waals surface area contributed by atoms with Gasteiger partial charge in [0.25, 0.3) is 17.7 Å². The van der Waals surface area contributed by atoms with Crippen molar-refractivity contribution < 1.29 is 33.9 Å². The number of fused-ring (bicyclic) bond motifs is 2. The lowest BCUT2D eigenvalue weighted by Gasteiger charge is -2.29. The van der Waals surface area contributed by atoms with E-state index >= 15 is 0 Å². The minimum atomic E-state index is -0.861. The number of aromatic nitrogens is 1. The van der Waals surface area contributed by atoms with E-state index in [1.807, 2.05) is 36.4 Å². The Morgan fingerprint density at radius 2 is 1.75 bits per heavy atom. The summed E-state index contributed by atoms with van der Waals surface area (Å²) >= 11 is 0. The van der Waals surface area contributed by atoms with Gasteiger partial charge in [0.15, 0.2) is 0 Å². The van der Waals surface area contributed by atoms with Gasteiger partial charge in [0.2, 0.25) is 5.91 Å². The molecule has 6 rings (SSSR count). The van der Waals surface area contributed by atoms with Gasteiger partial charge in [-0.2, -0.15) is 0 Å². The molecule has 2 aliphatic heterocycles. The van der Waals surface area contributed by atoms with Gasteiger partial charge in [-0.1, -0.05) is 55.1 Å². The molecular weight excluding hydrogens is 676 g/mol. The van der Waals surface area contributed by atoms with E-state index in [1.165, 1.54) is 17.0 Å². The molecule has 1 atom stereocenters. The molecule has 3 aromatic carbocycles. The topological polar surface area (TPSA) is 165 Å². The number of carbonyl (C=O) groups excluding carboxylic acids is 4. The fraction of sp³-hybridized carbons (Fsp3) is 0.300. The number of benzene rings is 3. The maximum Gasteiger partial charge on any atom is 0.267 e. The number of hydrogen-bond donors (Lipinski definition) is 5. The second-order valence-electron chi connectivity index (χ2n) is 12.9. The highest BCUT2D eigenvalue weighted by molar-refractivity contribution is 6.25. The zero-order chi connectivity index (χ0) is 37.2.